The number of nitrogens with one attached hydrogen (secondary N) is 1. The fourth-order valence-electron chi connectivity index (χ4n) is 2.31. The highest BCUT2D eigenvalue weighted by Crippen LogP contribution is 2.28. The predicted molar refractivity (Wildman–Crippen MR) is 71.0 cm³/mol. The van der Waals surface area contributed by atoms with E-state index in [1.165, 1.54) is 0 Å². The Morgan fingerprint density at radius 3 is 2.89 bits per heavy atom. The molecule has 1 fully saturated rings. The molecule has 0 unspecified atom stereocenters. The molecule has 0 bridgehead atoms. The molecule has 1 aliphatic heterocycles. The highest BCUT2D eigenvalue weighted by Gasteiger charge is 2.33. The van der Waals surface area contributed by atoms with Gasteiger partial charge in [0.25, 0.3) is 0 Å². The fraction of sp³-hybridized carbons (Fsp3) is 0.538. The molecule has 3 rings (SSSR count). The smallest absolute Gasteiger partial charge is 0.215 e. The van der Waals surface area contributed by atoms with Crippen molar-refractivity contribution in [1.82, 2.24) is 15.0 Å². The fourth-order valence-corrected chi connectivity index (χ4v) is 2.31. The molecule has 0 spiro atoms. The van der Waals surface area contributed by atoms with Gasteiger partial charge in [0.05, 0.1) is 17.7 Å². The topological polar surface area (TPSA) is 86.0 Å². The van der Waals surface area contributed by atoms with Gasteiger partial charge in [-0.3, -0.25) is 0 Å². The molecule has 1 saturated heterocycles. The van der Waals surface area contributed by atoms with Gasteiger partial charge < -0.3 is 20.2 Å². The predicted octanol–water partition coefficient (Wildman–Crippen LogP) is 1.32. The number of nitrogens with two attached hydrogens (primary N) is 1. The van der Waals surface area contributed by atoms with E-state index in [2.05, 4.69) is 15.0 Å². The van der Waals surface area contributed by atoms with E-state index in [1.807, 2.05) is 19.1 Å². The second-order valence-corrected chi connectivity index (χ2v) is 4.81. The van der Waals surface area contributed by atoms with Crippen molar-refractivity contribution in [2.45, 2.75) is 25.3 Å². The van der Waals surface area contributed by atoms with Crippen molar-refractivity contribution in [1.29, 1.82) is 0 Å². The van der Waals surface area contributed by atoms with E-state index in [0.717, 1.165) is 24.2 Å². The molecule has 6 nitrogen and oxygen atoms in total. The molecule has 6 heteroatoms. The molecule has 0 aliphatic carbocycles. The Kier molecular flexibility index (Phi) is 3.12. The number of aromatic nitrogens is 3. The van der Waals surface area contributed by atoms with Crippen LogP contribution in [-0.4, -0.2) is 34.8 Å². The van der Waals surface area contributed by atoms with Crippen molar-refractivity contribution in [2.24, 2.45) is 5.73 Å². The SMILES string of the molecule is CCOc1ccc2[nH]c(C3(N)CCOCC3)nc2n1. The second-order valence-electron chi connectivity index (χ2n) is 4.81. The van der Waals surface area contributed by atoms with Crippen LogP contribution in [0.2, 0.25) is 0 Å². The number of ether oxygens (including phenoxy) is 2. The van der Waals surface area contributed by atoms with Gasteiger partial charge in [-0.15, -0.1) is 0 Å². The van der Waals surface area contributed by atoms with E-state index in [4.69, 9.17) is 15.2 Å². The summed E-state index contributed by atoms with van der Waals surface area (Å²) in [5.74, 6) is 1.37. The summed E-state index contributed by atoms with van der Waals surface area (Å²) in [7, 11) is 0. The Hall–Kier alpha value is -1.66. The lowest BCUT2D eigenvalue weighted by Crippen LogP contribution is -2.43. The van der Waals surface area contributed by atoms with Crippen molar-refractivity contribution in [3.63, 3.8) is 0 Å². The highest BCUT2D eigenvalue weighted by molar-refractivity contribution is 5.71. The molecule has 19 heavy (non-hydrogen) atoms. The van der Waals surface area contributed by atoms with Gasteiger partial charge in [0.1, 0.15) is 5.82 Å². The van der Waals surface area contributed by atoms with Crippen LogP contribution in [0.25, 0.3) is 11.2 Å². The molecule has 0 radical (unpaired) electrons. The summed E-state index contributed by atoms with van der Waals surface area (Å²) in [5.41, 5.74) is 7.50. The van der Waals surface area contributed by atoms with Crippen LogP contribution in [0.4, 0.5) is 0 Å². The van der Waals surface area contributed by atoms with Gasteiger partial charge in [-0.1, -0.05) is 0 Å². The summed E-state index contributed by atoms with van der Waals surface area (Å²) in [5, 5.41) is 0. The van der Waals surface area contributed by atoms with Gasteiger partial charge in [-0.25, -0.2) is 4.98 Å². The molecule has 0 aromatic carbocycles. The van der Waals surface area contributed by atoms with Gasteiger partial charge >= 0.3 is 0 Å². The van der Waals surface area contributed by atoms with Crippen LogP contribution < -0.4 is 10.5 Å². The van der Waals surface area contributed by atoms with Crippen molar-refractivity contribution < 1.29 is 9.47 Å². The molecule has 0 saturated carbocycles. The minimum absolute atomic E-state index is 0.440. The lowest BCUT2D eigenvalue weighted by Gasteiger charge is -2.31. The highest BCUT2D eigenvalue weighted by atomic mass is 16.5. The van der Waals surface area contributed by atoms with Crippen LogP contribution in [0, 0.1) is 0 Å². The zero-order valence-corrected chi connectivity index (χ0v) is 11.0. The maximum Gasteiger partial charge on any atom is 0.215 e. The lowest BCUT2D eigenvalue weighted by molar-refractivity contribution is 0.0496. The summed E-state index contributed by atoms with van der Waals surface area (Å²) in [6.07, 6.45) is 1.54. The third-order valence-corrected chi connectivity index (χ3v) is 3.47. The number of H-pyrrole nitrogens is 1. The Balaban J connectivity index is 1.96. The molecule has 0 atom stereocenters. The number of rotatable bonds is 3. The van der Waals surface area contributed by atoms with E-state index in [1.54, 1.807) is 0 Å². The standard InChI is InChI=1S/C13H18N4O2/c1-2-19-10-4-3-9-11(16-10)17-12(15-9)13(14)5-7-18-8-6-13/h3-4H,2,5-8,14H2,1H3,(H,15,16,17). The first-order valence-electron chi connectivity index (χ1n) is 6.58. The van der Waals surface area contributed by atoms with Gasteiger partial charge in [0.15, 0.2) is 5.65 Å². The van der Waals surface area contributed by atoms with Crippen LogP contribution in [0.3, 0.4) is 0 Å². The van der Waals surface area contributed by atoms with Gasteiger partial charge in [-0.2, -0.15) is 4.98 Å². The summed E-state index contributed by atoms with van der Waals surface area (Å²) in [4.78, 5) is 12.1. The number of nitrogens with zero attached hydrogens (tertiary/aromatic N) is 2. The van der Waals surface area contributed by atoms with Crippen LogP contribution in [0.5, 0.6) is 5.88 Å². The minimum atomic E-state index is -0.440. The molecule has 102 valence electrons. The first-order valence-corrected chi connectivity index (χ1v) is 6.58. The Bertz CT molecular complexity index is 575. The number of imidazole rings is 1. The van der Waals surface area contributed by atoms with Gasteiger partial charge in [0, 0.05) is 19.3 Å². The molecular weight excluding hydrogens is 244 g/mol. The summed E-state index contributed by atoms with van der Waals surface area (Å²) in [6.45, 7) is 3.86. The summed E-state index contributed by atoms with van der Waals surface area (Å²) in [6, 6.07) is 3.76. The Morgan fingerprint density at radius 1 is 1.37 bits per heavy atom. The van der Waals surface area contributed by atoms with Crippen molar-refractivity contribution >= 4 is 11.2 Å². The third kappa shape index (κ3) is 2.29. The molecule has 3 heterocycles. The minimum Gasteiger partial charge on any atom is -0.478 e. The summed E-state index contributed by atoms with van der Waals surface area (Å²) >= 11 is 0. The van der Waals surface area contributed by atoms with E-state index in [-0.39, 0.29) is 0 Å². The molecule has 0 amide bonds. The first-order chi connectivity index (χ1) is 9.21. The van der Waals surface area contributed by atoms with Crippen LogP contribution >= 0.6 is 0 Å². The van der Waals surface area contributed by atoms with Crippen LogP contribution in [0.15, 0.2) is 12.1 Å². The number of aromatic amines is 1. The van der Waals surface area contributed by atoms with Gasteiger partial charge in [-0.05, 0) is 25.8 Å². The van der Waals surface area contributed by atoms with Gasteiger partial charge in [0.2, 0.25) is 5.88 Å². The average Bonchev–Trinajstić information content (AvgIpc) is 2.84. The normalized spacial score (nSPS) is 18.6. The van der Waals surface area contributed by atoms with Crippen LogP contribution in [-0.2, 0) is 10.3 Å². The molecule has 2 aromatic heterocycles. The summed E-state index contributed by atoms with van der Waals surface area (Å²) < 4.78 is 10.7. The van der Waals surface area contributed by atoms with E-state index in [0.29, 0.717) is 31.3 Å². The quantitative estimate of drug-likeness (QED) is 0.871. The molecule has 3 N–H and O–H groups in total. The number of hydrogen-bond acceptors (Lipinski definition) is 5. The van der Waals surface area contributed by atoms with Crippen molar-refractivity contribution in [2.75, 3.05) is 19.8 Å². The molecule has 2 aromatic rings. The van der Waals surface area contributed by atoms with E-state index < -0.39 is 5.54 Å². The molecular formula is C13H18N4O2. The second kappa shape index (κ2) is 4.79. The maximum absolute atomic E-state index is 6.41. The largest absolute Gasteiger partial charge is 0.478 e. The monoisotopic (exact) mass is 262 g/mol. The average molecular weight is 262 g/mol. The lowest BCUT2D eigenvalue weighted by atomic mass is 9.91. The Labute approximate surface area is 111 Å². The van der Waals surface area contributed by atoms with E-state index >= 15 is 0 Å². The van der Waals surface area contributed by atoms with Crippen LogP contribution in [0.1, 0.15) is 25.6 Å². The number of pyridine rings is 1. The Morgan fingerprint density at radius 2 is 2.16 bits per heavy atom. The first kappa shape index (κ1) is 12.4. The van der Waals surface area contributed by atoms with Crippen molar-refractivity contribution in [3.8, 4) is 5.88 Å². The number of fused-ring (bicyclic) bond motifs is 1. The zero-order chi connectivity index (χ0) is 13.3. The van der Waals surface area contributed by atoms with E-state index in [9.17, 15) is 0 Å². The molecule has 1 aliphatic rings. The third-order valence-electron chi connectivity index (χ3n) is 3.47. The van der Waals surface area contributed by atoms with Crippen molar-refractivity contribution in [3.05, 3.63) is 18.0 Å². The zero-order valence-electron chi connectivity index (χ0n) is 11.0. The maximum atomic E-state index is 6.41. The number of hydrogen-bond donors (Lipinski definition) is 2.